The van der Waals surface area contributed by atoms with Crippen molar-refractivity contribution in [2.75, 3.05) is 24.1 Å². The van der Waals surface area contributed by atoms with Crippen LogP contribution in [0.3, 0.4) is 0 Å². The number of thiocarbonyl (C=S) groups is 1. The second-order valence-corrected chi connectivity index (χ2v) is 13.9. The molecule has 1 atom stereocenters. The fourth-order valence-corrected chi connectivity index (χ4v) is 4.32. The van der Waals surface area contributed by atoms with Crippen molar-refractivity contribution in [1.29, 1.82) is 0 Å². The zero-order valence-electron chi connectivity index (χ0n) is 23.7. The van der Waals surface area contributed by atoms with Crippen LogP contribution in [0.2, 0.25) is 0 Å². The lowest BCUT2D eigenvalue weighted by atomic mass is 9.86. The van der Waals surface area contributed by atoms with Crippen molar-refractivity contribution in [2.24, 2.45) is 11.3 Å². The molecule has 3 N–H and O–H groups in total. The van der Waals surface area contributed by atoms with Crippen LogP contribution in [0, 0.1) is 17.2 Å². The molecular weight excluding hydrogens is 541 g/mol. The van der Waals surface area contributed by atoms with E-state index in [0.29, 0.717) is 12.0 Å². The fourth-order valence-electron chi connectivity index (χ4n) is 3.61. The molecule has 0 saturated carbocycles. The number of esters is 1. The van der Waals surface area contributed by atoms with Gasteiger partial charge in [0.05, 0.1) is 30.5 Å². The predicted molar refractivity (Wildman–Crippen MR) is 156 cm³/mol. The minimum absolute atomic E-state index is 0.0176. The normalized spacial score (nSPS) is 12.9. The smallest absolute Gasteiger partial charge is 0.311 e. The standard InChI is InChI=1S/C28H40FN3O5S2/c1-27(2,3)22-11-8-19(9-12-22)14-21(18-37-25(33)28(4,5)6)17-32(34)26(38)30-16-20-10-13-24(23(29)15-20)31-39(7,35)36/h8-13,15,21,31,34H,14,16-18H2,1-7H3,(H,30,38). The van der Waals surface area contributed by atoms with Crippen molar-refractivity contribution in [3.05, 3.63) is 65.0 Å². The summed E-state index contributed by atoms with van der Waals surface area (Å²) in [6.45, 7) is 12.0. The second-order valence-electron chi connectivity index (χ2n) is 11.8. The lowest BCUT2D eigenvalue weighted by Crippen LogP contribution is -2.41. The molecule has 0 aliphatic heterocycles. The number of rotatable bonds is 10. The van der Waals surface area contributed by atoms with Crippen molar-refractivity contribution in [3.63, 3.8) is 0 Å². The Hall–Kier alpha value is -2.76. The first-order valence-corrected chi connectivity index (χ1v) is 14.9. The molecule has 0 aliphatic rings. The molecule has 1 unspecified atom stereocenters. The molecule has 2 rings (SSSR count). The van der Waals surface area contributed by atoms with Crippen LogP contribution in [0.1, 0.15) is 58.2 Å². The molecule has 0 radical (unpaired) electrons. The van der Waals surface area contributed by atoms with Crippen LogP contribution in [0.15, 0.2) is 42.5 Å². The van der Waals surface area contributed by atoms with E-state index in [9.17, 15) is 22.8 Å². The second kappa shape index (κ2) is 13.1. The molecule has 0 aromatic heterocycles. The highest BCUT2D eigenvalue weighted by Crippen LogP contribution is 2.24. The predicted octanol–water partition coefficient (Wildman–Crippen LogP) is 5.01. The van der Waals surface area contributed by atoms with E-state index in [1.54, 1.807) is 26.8 Å². The van der Waals surface area contributed by atoms with E-state index in [2.05, 4.69) is 42.9 Å². The van der Waals surface area contributed by atoms with Crippen LogP contribution in [-0.4, -0.2) is 49.2 Å². The number of nitrogens with zero attached hydrogens (tertiary/aromatic N) is 1. The summed E-state index contributed by atoms with van der Waals surface area (Å²) >= 11 is 5.31. The minimum Gasteiger partial charge on any atom is -0.465 e. The molecular formula is C28H40FN3O5S2. The van der Waals surface area contributed by atoms with Gasteiger partial charge in [-0.3, -0.25) is 14.7 Å². The third-order valence-electron chi connectivity index (χ3n) is 5.84. The molecule has 0 bridgehead atoms. The molecule has 0 saturated heterocycles. The lowest BCUT2D eigenvalue weighted by molar-refractivity contribution is -0.155. The number of halogens is 1. The van der Waals surface area contributed by atoms with Gasteiger partial charge >= 0.3 is 5.97 Å². The average molecular weight is 582 g/mol. The van der Waals surface area contributed by atoms with Gasteiger partial charge in [-0.25, -0.2) is 17.9 Å². The van der Waals surface area contributed by atoms with Crippen LogP contribution in [0.25, 0.3) is 0 Å². The van der Waals surface area contributed by atoms with Gasteiger partial charge in [0, 0.05) is 12.5 Å². The summed E-state index contributed by atoms with van der Waals surface area (Å²) < 4.78 is 44.6. The maximum Gasteiger partial charge on any atom is 0.311 e. The number of hydrogen-bond acceptors (Lipinski definition) is 6. The van der Waals surface area contributed by atoms with Crippen molar-refractivity contribution in [3.8, 4) is 0 Å². The number of benzene rings is 2. The van der Waals surface area contributed by atoms with Gasteiger partial charge < -0.3 is 10.1 Å². The number of hydrogen-bond donors (Lipinski definition) is 3. The van der Waals surface area contributed by atoms with Crippen molar-refractivity contribution in [1.82, 2.24) is 10.4 Å². The van der Waals surface area contributed by atoms with Gasteiger partial charge in [0.15, 0.2) is 5.11 Å². The first-order chi connectivity index (χ1) is 17.8. The molecule has 0 heterocycles. The number of carbonyl (C=O) groups is 1. The van der Waals surface area contributed by atoms with Crippen molar-refractivity contribution >= 4 is 39.0 Å². The average Bonchev–Trinajstić information content (AvgIpc) is 2.80. The number of hydroxylamine groups is 2. The molecule has 0 spiro atoms. The molecule has 2 aromatic rings. The number of anilines is 1. The van der Waals surface area contributed by atoms with Crippen molar-refractivity contribution < 1.29 is 27.5 Å². The molecule has 0 amide bonds. The zero-order valence-corrected chi connectivity index (χ0v) is 25.3. The first kappa shape index (κ1) is 32.5. The Bertz CT molecular complexity index is 1250. The van der Waals surface area contributed by atoms with Gasteiger partial charge in [0.2, 0.25) is 10.0 Å². The SMILES string of the molecule is CC(C)(C)C(=O)OCC(Cc1ccc(C(C)(C)C)cc1)CN(O)C(=S)NCc1ccc(NS(C)(=O)=O)c(F)c1. The van der Waals surface area contributed by atoms with E-state index in [4.69, 9.17) is 17.0 Å². The highest BCUT2D eigenvalue weighted by atomic mass is 32.2. The van der Waals surface area contributed by atoms with E-state index in [1.165, 1.54) is 17.7 Å². The highest BCUT2D eigenvalue weighted by molar-refractivity contribution is 7.92. The van der Waals surface area contributed by atoms with Crippen LogP contribution in [0.4, 0.5) is 10.1 Å². The van der Waals surface area contributed by atoms with Crippen LogP contribution in [0.5, 0.6) is 0 Å². The Balaban J connectivity index is 2.06. The Kier molecular flexibility index (Phi) is 10.9. The molecule has 11 heteroatoms. The third kappa shape index (κ3) is 11.1. The summed E-state index contributed by atoms with van der Waals surface area (Å²) in [6, 6.07) is 12.3. The number of carbonyl (C=O) groups excluding carboxylic acids is 1. The molecule has 39 heavy (non-hydrogen) atoms. The largest absolute Gasteiger partial charge is 0.465 e. The van der Waals surface area contributed by atoms with Gasteiger partial charge in [-0.15, -0.1) is 0 Å². The minimum atomic E-state index is -3.61. The fraction of sp³-hybridized carbons (Fsp3) is 0.500. The van der Waals surface area contributed by atoms with Crippen LogP contribution < -0.4 is 10.0 Å². The number of ether oxygens (including phenoxy) is 1. The Morgan fingerprint density at radius 3 is 2.18 bits per heavy atom. The molecule has 0 fully saturated rings. The van der Waals surface area contributed by atoms with E-state index < -0.39 is 21.3 Å². The summed E-state index contributed by atoms with van der Waals surface area (Å²) in [7, 11) is -3.61. The monoisotopic (exact) mass is 581 g/mol. The van der Waals surface area contributed by atoms with Gasteiger partial charge in [-0.05, 0) is 73.6 Å². The van der Waals surface area contributed by atoms with E-state index in [-0.39, 0.29) is 47.8 Å². The van der Waals surface area contributed by atoms with E-state index in [0.717, 1.165) is 16.9 Å². The molecule has 2 aromatic carbocycles. The van der Waals surface area contributed by atoms with Gasteiger partial charge in [-0.1, -0.05) is 51.1 Å². The summed E-state index contributed by atoms with van der Waals surface area (Å²) in [4.78, 5) is 12.4. The van der Waals surface area contributed by atoms with Gasteiger partial charge in [0.25, 0.3) is 0 Å². The lowest BCUT2D eigenvalue weighted by Gasteiger charge is -2.26. The van der Waals surface area contributed by atoms with Crippen molar-refractivity contribution in [2.45, 2.75) is 59.9 Å². The van der Waals surface area contributed by atoms with E-state index >= 15 is 0 Å². The van der Waals surface area contributed by atoms with Gasteiger partial charge in [-0.2, -0.15) is 0 Å². The van der Waals surface area contributed by atoms with Gasteiger partial charge in [0.1, 0.15) is 5.82 Å². The van der Waals surface area contributed by atoms with E-state index in [1.807, 2.05) is 12.1 Å². The molecule has 8 nitrogen and oxygen atoms in total. The molecule has 0 aliphatic carbocycles. The summed E-state index contributed by atoms with van der Waals surface area (Å²) in [5.74, 6) is -1.33. The summed E-state index contributed by atoms with van der Waals surface area (Å²) in [5, 5.41) is 14.5. The zero-order chi connectivity index (χ0) is 29.6. The maximum atomic E-state index is 14.3. The Labute approximate surface area is 236 Å². The number of nitrogens with one attached hydrogen (secondary N) is 2. The Morgan fingerprint density at radius 2 is 1.67 bits per heavy atom. The third-order valence-corrected chi connectivity index (χ3v) is 6.79. The van der Waals surface area contributed by atoms with Crippen LogP contribution >= 0.6 is 12.2 Å². The number of sulfonamides is 1. The quantitative estimate of drug-likeness (QED) is 0.204. The van der Waals surface area contributed by atoms with Crippen LogP contribution in [-0.2, 0) is 37.9 Å². The highest BCUT2D eigenvalue weighted by Gasteiger charge is 2.25. The summed E-state index contributed by atoms with van der Waals surface area (Å²) in [5.41, 5.74) is 1.94. The topological polar surface area (TPSA) is 108 Å². The summed E-state index contributed by atoms with van der Waals surface area (Å²) in [6.07, 6.45) is 1.48. The first-order valence-electron chi connectivity index (χ1n) is 12.6. The molecule has 216 valence electrons. The maximum absolute atomic E-state index is 14.3. The Morgan fingerprint density at radius 1 is 1.08 bits per heavy atom.